The van der Waals surface area contributed by atoms with Gasteiger partial charge < -0.3 is 24.8 Å². The first-order valence-corrected chi connectivity index (χ1v) is 9.05. The smallest absolute Gasteiger partial charge is 0.190 e. The van der Waals surface area contributed by atoms with E-state index < -0.39 is 0 Å². The van der Waals surface area contributed by atoms with E-state index in [1.54, 1.807) is 14.2 Å². The van der Waals surface area contributed by atoms with Crippen LogP contribution < -0.4 is 15.4 Å². The van der Waals surface area contributed by atoms with Gasteiger partial charge in [-0.25, -0.2) is 0 Å². The lowest BCUT2D eigenvalue weighted by atomic mass is 10.1. The molecule has 0 radical (unpaired) electrons. The molecule has 2 rings (SSSR count). The Hall–Kier alpha value is -1.79. The Balaban J connectivity index is 1.54. The predicted molar refractivity (Wildman–Crippen MR) is 100 cm³/mol. The summed E-state index contributed by atoms with van der Waals surface area (Å²) in [7, 11) is 3.49. The molecule has 25 heavy (non-hydrogen) atoms. The standard InChI is InChI=1S/C19H31N3O3/c1-20-19(21-10-5-12-24-14-16-9-13-25-15-16)22-11-8-17-6-3-4-7-18(17)23-2/h3-4,6-7,16H,5,8-15H2,1-2H3,(H2,20,21,22). The van der Waals surface area contributed by atoms with Crippen molar-refractivity contribution in [2.24, 2.45) is 10.9 Å². The molecule has 0 bridgehead atoms. The minimum atomic E-state index is 0.581. The normalized spacial score (nSPS) is 17.5. The van der Waals surface area contributed by atoms with Gasteiger partial charge in [-0.2, -0.15) is 0 Å². The second-order valence-electron chi connectivity index (χ2n) is 6.15. The average molecular weight is 349 g/mol. The molecule has 6 nitrogen and oxygen atoms in total. The van der Waals surface area contributed by atoms with E-state index in [2.05, 4.69) is 21.7 Å². The minimum Gasteiger partial charge on any atom is -0.496 e. The Morgan fingerprint density at radius 2 is 2.12 bits per heavy atom. The van der Waals surface area contributed by atoms with Crippen LogP contribution in [0.2, 0.25) is 0 Å². The van der Waals surface area contributed by atoms with Gasteiger partial charge in [-0.3, -0.25) is 4.99 Å². The zero-order valence-corrected chi connectivity index (χ0v) is 15.4. The van der Waals surface area contributed by atoms with Gasteiger partial charge in [-0.1, -0.05) is 18.2 Å². The number of benzene rings is 1. The van der Waals surface area contributed by atoms with Gasteiger partial charge in [0.2, 0.25) is 0 Å². The van der Waals surface area contributed by atoms with Crippen LogP contribution in [-0.4, -0.2) is 59.6 Å². The van der Waals surface area contributed by atoms with Crippen LogP contribution in [0.3, 0.4) is 0 Å². The Morgan fingerprint density at radius 1 is 1.28 bits per heavy atom. The molecular weight excluding hydrogens is 318 g/mol. The van der Waals surface area contributed by atoms with E-state index in [1.807, 2.05) is 18.2 Å². The number of methoxy groups -OCH3 is 1. The topological polar surface area (TPSA) is 64.1 Å². The van der Waals surface area contributed by atoms with Gasteiger partial charge in [0.15, 0.2) is 5.96 Å². The first kappa shape index (κ1) is 19.5. The van der Waals surface area contributed by atoms with E-state index in [4.69, 9.17) is 14.2 Å². The SMILES string of the molecule is CN=C(NCCCOCC1CCOC1)NCCc1ccccc1OC. The van der Waals surface area contributed by atoms with E-state index in [-0.39, 0.29) is 0 Å². The molecule has 0 amide bonds. The first-order valence-electron chi connectivity index (χ1n) is 9.05. The number of hydrogen-bond donors (Lipinski definition) is 2. The summed E-state index contributed by atoms with van der Waals surface area (Å²) in [6.07, 6.45) is 2.97. The Morgan fingerprint density at radius 3 is 2.88 bits per heavy atom. The number of nitrogens with zero attached hydrogens (tertiary/aromatic N) is 1. The Kier molecular flexibility index (Phi) is 9.15. The molecule has 1 saturated heterocycles. The zero-order valence-electron chi connectivity index (χ0n) is 15.4. The van der Waals surface area contributed by atoms with Gasteiger partial charge in [0.25, 0.3) is 0 Å². The van der Waals surface area contributed by atoms with E-state index >= 15 is 0 Å². The molecule has 1 aliphatic heterocycles. The van der Waals surface area contributed by atoms with Crippen molar-refractivity contribution in [1.29, 1.82) is 0 Å². The van der Waals surface area contributed by atoms with Crippen LogP contribution in [0.25, 0.3) is 0 Å². The van der Waals surface area contributed by atoms with Crippen molar-refractivity contribution in [1.82, 2.24) is 10.6 Å². The Bertz CT molecular complexity index is 516. The van der Waals surface area contributed by atoms with E-state index in [0.29, 0.717) is 5.92 Å². The van der Waals surface area contributed by atoms with Crippen molar-refractivity contribution in [2.75, 3.05) is 53.7 Å². The molecule has 0 saturated carbocycles. The molecule has 1 aromatic carbocycles. The van der Waals surface area contributed by atoms with Crippen LogP contribution in [0.5, 0.6) is 5.75 Å². The third kappa shape index (κ3) is 7.32. The summed E-state index contributed by atoms with van der Waals surface area (Å²) < 4.78 is 16.4. The van der Waals surface area contributed by atoms with E-state index in [1.165, 1.54) is 5.56 Å². The molecule has 0 aromatic heterocycles. The average Bonchev–Trinajstić information content (AvgIpc) is 3.16. The highest BCUT2D eigenvalue weighted by Gasteiger charge is 2.15. The lowest BCUT2D eigenvalue weighted by Crippen LogP contribution is -2.39. The van der Waals surface area contributed by atoms with Crippen LogP contribution in [0.1, 0.15) is 18.4 Å². The van der Waals surface area contributed by atoms with Crippen molar-refractivity contribution >= 4 is 5.96 Å². The van der Waals surface area contributed by atoms with Gasteiger partial charge in [-0.15, -0.1) is 0 Å². The second-order valence-corrected chi connectivity index (χ2v) is 6.15. The molecule has 1 atom stereocenters. The molecule has 1 fully saturated rings. The number of guanidine groups is 1. The van der Waals surface area contributed by atoms with Gasteiger partial charge in [0.05, 0.1) is 20.3 Å². The van der Waals surface area contributed by atoms with Gasteiger partial charge in [0, 0.05) is 39.3 Å². The molecule has 0 spiro atoms. The number of para-hydroxylation sites is 1. The van der Waals surface area contributed by atoms with Crippen molar-refractivity contribution < 1.29 is 14.2 Å². The van der Waals surface area contributed by atoms with Crippen LogP contribution in [0, 0.1) is 5.92 Å². The summed E-state index contributed by atoms with van der Waals surface area (Å²) in [6.45, 7) is 4.95. The molecule has 140 valence electrons. The van der Waals surface area contributed by atoms with Crippen molar-refractivity contribution in [2.45, 2.75) is 19.3 Å². The summed E-state index contributed by atoms with van der Waals surface area (Å²) in [5.41, 5.74) is 1.19. The quantitative estimate of drug-likeness (QED) is 0.383. The third-order valence-corrected chi connectivity index (χ3v) is 4.24. The summed E-state index contributed by atoms with van der Waals surface area (Å²) in [6, 6.07) is 8.09. The van der Waals surface area contributed by atoms with Crippen LogP contribution >= 0.6 is 0 Å². The van der Waals surface area contributed by atoms with Crippen molar-refractivity contribution in [3.8, 4) is 5.75 Å². The zero-order chi connectivity index (χ0) is 17.7. The third-order valence-electron chi connectivity index (χ3n) is 4.24. The number of ether oxygens (including phenoxy) is 3. The molecule has 1 unspecified atom stereocenters. The maximum atomic E-state index is 5.70. The lowest BCUT2D eigenvalue weighted by molar-refractivity contribution is 0.0888. The van der Waals surface area contributed by atoms with Gasteiger partial charge in [-0.05, 0) is 30.9 Å². The number of rotatable bonds is 10. The fraction of sp³-hybridized carbons (Fsp3) is 0.632. The molecule has 1 aliphatic rings. The monoisotopic (exact) mass is 349 g/mol. The highest BCUT2D eigenvalue weighted by Crippen LogP contribution is 2.17. The summed E-state index contributed by atoms with van der Waals surface area (Å²) in [5, 5.41) is 6.65. The molecular formula is C19H31N3O3. The van der Waals surface area contributed by atoms with Crippen LogP contribution in [0.15, 0.2) is 29.3 Å². The first-order chi connectivity index (χ1) is 12.3. The highest BCUT2D eigenvalue weighted by atomic mass is 16.5. The maximum Gasteiger partial charge on any atom is 0.190 e. The van der Waals surface area contributed by atoms with Gasteiger partial charge >= 0.3 is 0 Å². The lowest BCUT2D eigenvalue weighted by Gasteiger charge is -2.13. The van der Waals surface area contributed by atoms with Crippen molar-refractivity contribution in [3.05, 3.63) is 29.8 Å². The fourth-order valence-corrected chi connectivity index (χ4v) is 2.79. The summed E-state index contributed by atoms with van der Waals surface area (Å²) in [5.74, 6) is 2.33. The fourth-order valence-electron chi connectivity index (χ4n) is 2.79. The Labute approximate surface area is 151 Å². The summed E-state index contributed by atoms with van der Waals surface area (Å²) in [4.78, 5) is 4.25. The van der Waals surface area contributed by atoms with Crippen LogP contribution in [0.4, 0.5) is 0 Å². The molecule has 1 heterocycles. The predicted octanol–water partition coefficient (Wildman–Crippen LogP) is 1.85. The largest absolute Gasteiger partial charge is 0.496 e. The minimum absolute atomic E-state index is 0.581. The van der Waals surface area contributed by atoms with Crippen molar-refractivity contribution in [3.63, 3.8) is 0 Å². The second kappa shape index (κ2) is 11.7. The molecule has 0 aliphatic carbocycles. The molecule has 6 heteroatoms. The number of hydrogen-bond acceptors (Lipinski definition) is 4. The van der Waals surface area contributed by atoms with E-state index in [9.17, 15) is 0 Å². The maximum absolute atomic E-state index is 5.70. The number of aliphatic imine (C=N–C) groups is 1. The van der Waals surface area contributed by atoms with Gasteiger partial charge in [0.1, 0.15) is 5.75 Å². The van der Waals surface area contributed by atoms with E-state index in [0.717, 1.165) is 70.5 Å². The highest BCUT2D eigenvalue weighted by molar-refractivity contribution is 5.79. The number of nitrogens with one attached hydrogen (secondary N) is 2. The molecule has 2 N–H and O–H groups in total. The van der Waals surface area contributed by atoms with Crippen LogP contribution in [-0.2, 0) is 15.9 Å². The molecule has 1 aromatic rings. The summed E-state index contributed by atoms with van der Waals surface area (Å²) >= 11 is 0.